The Kier molecular flexibility index (Phi) is 4.60. The number of carbonyl (C=O) groups excluding carboxylic acids is 2. The van der Waals surface area contributed by atoms with Gasteiger partial charge in [0.2, 0.25) is 0 Å². The van der Waals surface area contributed by atoms with E-state index in [1.54, 1.807) is 23.1 Å². The van der Waals surface area contributed by atoms with Crippen molar-refractivity contribution in [3.63, 3.8) is 0 Å². The van der Waals surface area contributed by atoms with E-state index in [1.807, 2.05) is 24.3 Å². The Hall–Kier alpha value is -3.20. The van der Waals surface area contributed by atoms with E-state index in [2.05, 4.69) is 9.71 Å². The second kappa shape index (κ2) is 7.08. The van der Waals surface area contributed by atoms with Crippen LogP contribution < -0.4 is 9.62 Å². The molecule has 0 saturated heterocycles. The van der Waals surface area contributed by atoms with Crippen LogP contribution in [0.4, 0.5) is 5.69 Å². The maximum atomic E-state index is 12.3. The first-order valence-corrected chi connectivity index (χ1v) is 10.1. The number of rotatable bonds is 4. The van der Waals surface area contributed by atoms with Gasteiger partial charge in [-0.2, -0.15) is 0 Å². The van der Waals surface area contributed by atoms with E-state index >= 15 is 0 Å². The van der Waals surface area contributed by atoms with Crippen LogP contribution in [-0.2, 0) is 30.8 Å². The molecule has 0 bridgehead atoms. The summed E-state index contributed by atoms with van der Waals surface area (Å²) in [6.45, 7) is -0.229. The molecule has 2 heterocycles. The number of fused-ring (bicyclic) bond motifs is 2. The molecule has 1 N–H and O–H groups in total. The van der Waals surface area contributed by atoms with Crippen LogP contribution in [0.15, 0.2) is 58.4 Å². The van der Waals surface area contributed by atoms with Crippen LogP contribution in [0.5, 0.6) is 0 Å². The quantitative estimate of drug-likeness (QED) is 0.768. The highest BCUT2D eigenvalue weighted by atomic mass is 32.2. The van der Waals surface area contributed by atoms with Gasteiger partial charge in [-0.1, -0.05) is 30.3 Å². The summed E-state index contributed by atoms with van der Waals surface area (Å²) in [5.74, 6) is -0.929. The van der Waals surface area contributed by atoms with Crippen LogP contribution in [0, 0.1) is 0 Å². The Morgan fingerprint density at radius 3 is 2.71 bits per heavy atom. The van der Waals surface area contributed by atoms with Crippen molar-refractivity contribution in [1.29, 1.82) is 0 Å². The van der Waals surface area contributed by atoms with Crippen LogP contribution in [-0.4, -0.2) is 45.8 Å². The van der Waals surface area contributed by atoms with Crippen molar-refractivity contribution in [2.24, 2.45) is 4.99 Å². The number of anilines is 1. The number of amides is 1. The lowest BCUT2D eigenvalue weighted by molar-refractivity contribution is -0.146. The van der Waals surface area contributed by atoms with Crippen molar-refractivity contribution in [1.82, 2.24) is 4.72 Å². The minimum absolute atomic E-state index is 0.0901. The van der Waals surface area contributed by atoms with E-state index in [4.69, 9.17) is 4.74 Å². The molecule has 8 nitrogen and oxygen atoms in total. The number of sulfonamides is 1. The fraction of sp³-hybridized carbons (Fsp3) is 0.211. The standard InChI is InChI=1S/C19H17N3O5S/c23-17(22-10-9-13-5-1-3-7-15(13)22)12-27-18(24)11-20-19-14-6-2-4-8-16(14)28(25,26)21-19/h1-8H,9-12H2,(H,20,21). The van der Waals surface area contributed by atoms with Gasteiger partial charge in [0.1, 0.15) is 12.4 Å². The van der Waals surface area contributed by atoms with Gasteiger partial charge in [0, 0.05) is 17.8 Å². The highest BCUT2D eigenvalue weighted by Gasteiger charge is 2.30. The van der Waals surface area contributed by atoms with Gasteiger partial charge < -0.3 is 9.64 Å². The summed E-state index contributed by atoms with van der Waals surface area (Å²) in [5, 5.41) is 0. The first kappa shape index (κ1) is 18.2. The van der Waals surface area contributed by atoms with E-state index in [0.29, 0.717) is 12.1 Å². The molecular weight excluding hydrogens is 382 g/mol. The maximum absolute atomic E-state index is 12.3. The van der Waals surface area contributed by atoms with E-state index in [0.717, 1.165) is 17.7 Å². The molecule has 2 aromatic rings. The van der Waals surface area contributed by atoms with Crippen LogP contribution in [0.2, 0.25) is 0 Å². The minimum Gasteiger partial charge on any atom is -0.454 e. The predicted octanol–water partition coefficient (Wildman–Crippen LogP) is 0.858. The summed E-state index contributed by atoms with van der Waals surface area (Å²) in [6, 6.07) is 14.0. The van der Waals surface area contributed by atoms with Gasteiger partial charge in [-0.25, -0.2) is 8.42 Å². The highest BCUT2D eigenvalue weighted by molar-refractivity contribution is 7.90. The third-order valence-electron chi connectivity index (χ3n) is 4.57. The number of aliphatic imine (C=N–C) groups is 1. The summed E-state index contributed by atoms with van der Waals surface area (Å²) in [5.41, 5.74) is 2.32. The van der Waals surface area contributed by atoms with Crippen LogP contribution in [0.1, 0.15) is 11.1 Å². The van der Waals surface area contributed by atoms with Crippen molar-refractivity contribution in [3.05, 3.63) is 59.7 Å². The van der Waals surface area contributed by atoms with Gasteiger partial charge in [-0.05, 0) is 30.2 Å². The van der Waals surface area contributed by atoms with Crippen LogP contribution in [0.3, 0.4) is 0 Å². The van der Waals surface area contributed by atoms with Crippen molar-refractivity contribution in [3.8, 4) is 0 Å². The molecule has 0 fully saturated rings. The molecule has 0 spiro atoms. The number of para-hydroxylation sites is 1. The Balaban J connectivity index is 1.36. The maximum Gasteiger partial charge on any atom is 0.328 e. The number of esters is 1. The lowest BCUT2D eigenvalue weighted by Gasteiger charge is -2.16. The van der Waals surface area contributed by atoms with Crippen LogP contribution >= 0.6 is 0 Å². The number of hydrogen-bond donors (Lipinski definition) is 1. The minimum atomic E-state index is -3.66. The second-order valence-electron chi connectivity index (χ2n) is 6.35. The zero-order valence-corrected chi connectivity index (χ0v) is 15.6. The molecule has 9 heteroatoms. The summed E-state index contributed by atoms with van der Waals surface area (Å²) in [7, 11) is -3.66. The molecule has 0 saturated carbocycles. The molecule has 28 heavy (non-hydrogen) atoms. The first-order valence-electron chi connectivity index (χ1n) is 8.66. The summed E-state index contributed by atoms with van der Waals surface area (Å²) in [6.07, 6.45) is 0.767. The molecule has 2 aliphatic heterocycles. The number of carbonyl (C=O) groups is 2. The molecule has 144 valence electrons. The summed E-state index contributed by atoms with van der Waals surface area (Å²) >= 11 is 0. The molecule has 0 unspecified atom stereocenters. The average Bonchev–Trinajstić information content (AvgIpc) is 3.24. The monoisotopic (exact) mass is 399 g/mol. The SMILES string of the molecule is O=C(CN=C1NS(=O)(=O)c2ccccc21)OCC(=O)N1CCc2ccccc21. The lowest BCUT2D eigenvalue weighted by atomic mass is 10.2. The van der Waals surface area contributed by atoms with Crippen molar-refractivity contribution in [2.45, 2.75) is 11.3 Å². The molecule has 0 aliphatic carbocycles. The van der Waals surface area contributed by atoms with Crippen LogP contribution in [0.25, 0.3) is 0 Å². The zero-order chi connectivity index (χ0) is 19.7. The first-order chi connectivity index (χ1) is 13.5. The smallest absolute Gasteiger partial charge is 0.328 e. The van der Waals surface area contributed by atoms with E-state index in [-0.39, 0.29) is 23.2 Å². The van der Waals surface area contributed by atoms with Gasteiger partial charge in [-0.15, -0.1) is 0 Å². The zero-order valence-electron chi connectivity index (χ0n) is 14.8. The van der Waals surface area contributed by atoms with Crippen molar-refractivity contribution in [2.75, 3.05) is 24.6 Å². The summed E-state index contributed by atoms with van der Waals surface area (Å²) < 4.78 is 31.4. The van der Waals surface area contributed by atoms with Gasteiger partial charge >= 0.3 is 5.97 Å². The van der Waals surface area contributed by atoms with E-state index < -0.39 is 22.5 Å². The number of amidine groups is 1. The van der Waals surface area contributed by atoms with Crippen molar-refractivity contribution >= 4 is 33.4 Å². The number of ether oxygens (including phenoxy) is 1. The van der Waals surface area contributed by atoms with Gasteiger partial charge in [-0.3, -0.25) is 19.3 Å². The normalized spacial score (nSPS) is 17.7. The largest absolute Gasteiger partial charge is 0.454 e. The Morgan fingerprint density at radius 2 is 1.86 bits per heavy atom. The average molecular weight is 399 g/mol. The molecule has 0 aromatic heterocycles. The van der Waals surface area contributed by atoms with Gasteiger partial charge in [0.25, 0.3) is 15.9 Å². The molecule has 0 atom stereocenters. The molecule has 4 rings (SSSR count). The van der Waals surface area contributed by atoms with Gasteiger partial charge in [0.05, 0.1) is 4.90 Å². The lowest BCUT2D eigenvalue weighted by Crippen LogP contribution is -2.33. The number of benzene rings is 2. The molecule has 2 aromatic carbocycles. The fourth-order valence-electron chi connectivity index (χ4n) is 3.26. The second-order valence-corrected chi connectivity index (χ2v) is 8.00. The Morgan fingerprint density at radius 1 is 1.11 bits per heavy atom. The van der Waals surface area contributed by atoms with E-state index in [9.17, 15) is 18.0 Å². The number of hydrogen-bond acceptors (Lipinski definition) is 6. The Labute approximate surface area is 161 Å². The number of nitrogens with one attached hydrogen (secondary N) is 1. The number of nitrogens with zero attached hydrogens (tertiary/aromatic N) is 2. The molecule has 1 amide bonds. The van der Waals surface area contributed by atoms with Gasteiger partial charge in [0.15, 0.2) is 6.61 Å². The molecular formula is C19H17N3O5S. The third-order valence-corrected chi connectivity index (χ3v) is 5.97. The fourth-order valence-corrected chi connectivity index (χ4v) is 4.51. The van der Waals surface area contributed by atoms with E-state index in [1.165, 1.54) is 6.07 Å². The highest BCUT2D eigenvalue weighted by Crippen LogP contribution is 2.27. The van der Waals surface area contributed by atoms with Crippen molar-refractivity contribution < 1.29 is 22.7 Å². The third kappa shape index (κ3) is 3.36. The summed E-state index contributed by atoms with van der Waals surface area (Å²) in [4.78, 5) is 30.0. The topological polar surface area (TPSA) is 105 Å². The Bertz CT molecular complexity index is 1090. The molecule has 2 aliphatic rings. The molecule has 0 radical (unpaired) electrons. The predicted molar refractivity (Wildman–Crippen MR) is 102 cm³/mol.